The van der Waals surface area contributed by atoms with Gasteiger partial charge in [0.1, 0.15) is 5.75 Å². The Morgan fingerprint density at radius 3 is 2.58 bits per heavy atom. The average Bonchev–Trinajstić information content (AvgIpc) is 3.11. The Balaban J connectivity index is 2.03. The number of anilines is 1. The van der Waals surface area contributed by atoms with Gasteiger partial charge in [-0.3, -0.25) is 9.59 Å². The maximum Gasteiger partial charge on any atom is 0.307 e. The molecule has 1 aliphatic carbocycles. The number of benzene rings is 1. The van der Waals surface area contributed by atoms with Gasteiger partial charge in [-0.2, -0.15) is 0 Å². The van der Waals surface area contributed by atoms with Gasteiger partial charge in [0.05, 0.1) is 23.6 Å². The fourth-order valence-corrected chi connectivity index (χ4v) is 1.91. The highest BCUT2D eigenvalue weighted by Crippen LogP contribution is 2.40. The van der Waals surface area contributed by atoms with Gasteiger partial charge in [-0.15, -0.1) is 0 Å². The van der Waals surface area contributed by atoms with Crippen LogP contribution >= 0.6 is 0 Å². The minimum absolute atomic E-state index is 0.00532. The Kier molecular flexibility index (Phi) is 3.74. The standard InChI is InChI=1S/C14H17NO4/c1-8(2)19-12-6-4-3-5-11(12)15-13(16)9-7-10(9)14(17)18/h3-6,8-10H,7H2,1-2H3,(H,15,16)(H,17,18). The lowest BCUT2D eigenvalue weighted by molar-refractivity contribution is -0.139. The maximum atomic E-state index is 11.9. The molecular weight excluding hydrogens is 246 g/mol. The molecule has 1 aromatic rings. The second-order valence-electron chi connectivity index (χ2n) is 4.94. The van der Waals surface area contributed by atoms with Gasteiger partial charge in [-0.05, 0) is 32.4 Å². The van der Waals surface area contributed by atoms with Gasteiger partial charge in [0.15, 0.2) is 0 Å². The van der Waals surface area contributed by atoms with E-state index in [4.69, 9.17) is 9.84 Å². The van der Waals surface area contributed by atoms with Crippen molar-refractivity contribution < 1.29 is 19.4 Å². The van der Waals surface area contributed by atoms with E-state index in [1.54, 1.807) is 18.2 Å². The minimum atomic E-state index is -0.910. The van der Waals surface area contributed by atoms with Crippen LogP contribution in [0, 0.1) is 11.8 Å². The lowest BCUT2D eigenvalue weighted by atomic mass is 10.2. The van der Waals surface area contributed by atoms with Gasteiger partial charge in [0, 0.05) is 0 Å². The molecule has 0 bridgehead atoms. The van der Waals surface area contributed by atoms with Crippen LogP contribution in [-0.4, -0.2) is 23.1 Å². The maximum absolute atomic E-state index is 11.9. The zero-order chi connectivity index (χ0) is 14.0. The van der Waals surface area contributed by atoms with Gasteiger partial charge in [0.25, 0.3) is 0 Å². The van der Waals surface area contributed by atoms with Crippen LogP contribution in [0.2, 0.25) is 0 Å². The summed E-state index contributed by atoms with van der Waals surface area (Å²) in [7, 11) is 0. The van der Waals surface area contributed by atoms with Crippen LogP contribution in [0.25, 0.3) is 0 Å². The number of carboxylic acid groups (broad SMARTS) is 1. The Bertz CT molecular complexity index is 498. The molecule has 5 heteroatoms. The van der Waals surface area contributed by atoms with Gasteiger partial charge < -0.3 is 15.2 Å². The van der Waals surface area contributed by atoms with E-state index in [-0.39, 0.29) is 12.0 Å². The quantitative estimate of drug-likeness (QED) is 0.853. The third-order valence-corrected chi connectivity index (χ3v) is 2.95. The molecule has 0 saturated heterocycles. The number of aliphatic carboxylic acids is 1. The van der Waals surface area contributed by atoms with E-state index in [9.17, 15) is 9.59 Å². The van der Waals surface area contributed by atoms with Crippen molar-refractivity contribution in [2.45, 2.75) is 26.4 Å². The lowest BCUT2D eigenvalue weighted by Crippen LogP contribution is -2.18. The van der Waals surface area contributed by atoms with Crippen LogP contribution in [0.1, 0.15) is 20.3 Å². The minimum Gasteiger partial charge on any atom is -0.489 e. The summed E-state index contributed by atoms with van der Waals surface area (Å²) in [5, 5.41) is 11.5. The van der Waals surface area contributed by atoms with E-state index in [0.29, 0.717) is 17.9 Å². The summed E-state index contributed by atoms with van der Waals surface area (Å²) < 4.78 is 5.59. The Morgan fingerprint density at radius 2 is 2.00 bits per heavy atom. The first kappa shape index (κ1) is 13.4. The number of carbonyl (C=O) groups excluding carboxylic acids is 1. The first-order chi connectivity index (χ1) is 8.99. The Morgan fingerprint density at radius 1 is 1.32 bits per heavy atom. The molecule has 0 radical (unpaired) electrons. The molecule has 19 heavy (non-hydrogen) atoms. The predicted molar refractivity (Wildman–Crippen MR) is 70.1 cm³/mol. The summed E-state index contributed by atoms with van der Waals surface area (Å²) in [6.45, 7) is 3.81. The van der Waals surface area contributed by atoms with E-state index in [1.165, 1.54) is 0 Å². The van der Waals surface area contributed by atoms with E-state index < -0.39 is 17.8 Å². The largest absolute Gasteiger partial charge is 0.489 e. The fourth-order valence-electron chi connectivity index (χ4n) is 1.91. The molecular formula is C14H17NO4. The van der Waals surface area contributed by atoms with Crippen LogP contribution in [0.3, 0.4) is 0 Å². The first-order valence-electron chi connectivity index (χ1n) is 6.28. The molecule has 1 fully saturated rings. The zero-order valence-electron chi connectivity index (χ0n) is 10.9. The molecule has 1 aliphatic rings. The van der Waals surface area contributed by atoms with Gasteiger partial charge in [-0.1, -0.05) is 12.1 Å². The van der Waals surface area contributed by atoms with Crippen LogP contribution < -0.4 is 10.1 Å². The number of rotatable bonds is 5. The van der Waals surface area contributed by atoms with Crippen molar-refractivity contribution in [3.8, 4) is 5.75 Å². The van der Waals surface area contributed by atoms with Gasteiger partial charge in [0.2, 0.25) is 5.91 Å². The first-order valence-corrected chi connectivity index (χ1v) is 6.28. The van der Waals surface area contributed by atoms with Crippen molar-refractivity contribution in [3.05, 3.63) is 24.3 Å². The lowest BCUT2D eigenvalue weighted by Gasteiger charge is -2.14. The summed E-state index contributed by atoms with van der Waals surface area (Å²) in [6.07, 6.45) is 0.416. The average molecular weight is 263 g/mol. The third-order valence-electron chi connectivity index (χ3n) is 2.95. The molecule has 0 aliphatic heterocycles. The van der Waals surface area contributed by atoms with Crippen molar-refractivity contribution in [2.24, 2.45) is 11.8 Å². The van der Waals surface area contributed by atoms with Crippen molar-refractivity contribution in [2.75, 3.05) is 5.32 Å². The highest BCUT2D eigenvalue weighted by atomic mass is 16.5. The van der Waals surface area contributed by atoms with Crippen molar-refractivity contribution in [1.29, 1.82) is 0 Å². The summed E-state index contributed by atoms with van der Waals surface area (Å²) in [6, 6.07) is 7.14. The van der Waals surface area contributed by atoms with E-state index in [0.717, 1.165) is 0 Å². The topological polar surface area (TPSA) is 75.6 Å². The molecule has 1 aromatic carbocycles. The summed E-state index contributed by atoms with van der Waals surface area (Å²) >= 11 is 0. The molecule has 0 spiro atoms. The monoisotopic (exact) mass is 263 g/mol. The van der Waals surface area contributed by atoms with Crippen molar-refractivity contribution in [3.63, 3.8) is 0 Å². The molecule has 5 nitrogen and oxygen atoms in total. The molecule has 1 amide bonds. The molecule has 0 heterocycles. The van der Waals surface area contributed by atoms with Gasteiger partial charge >= 0.3 is 5.97 Å². The SMILES string of the molecule is CC(C)Oc1ccccc1NC(=O)C1CC1C(=O)O. The third kappa shape index (κ3) is 3.24. The van der Waals surface area contributed by atoms with Crippen LogP contribution in [0.5, 0.6) is 5.75 Å². The normalized spacial score (nSPS) is 21.0. The number of ether oxygens (including phenoxy) is 1. The number of hydrogen-bond donors (Lipinski definition) is 2. The number of hydrogen-bond acceptors (Lipinski definition) is 3. The molecule has 102 valence electrons. The zero-order valence-corrected chi connectivity index (χ0v) is 10.9. The van der Waals surface area contributed by atoms with Crippen molar-refractivity contribution >= 4 is 17.6 Å². The molecule has 2 unspecified atom stereocenters. The van der Waals surface area contributed by atoms with E-state index in [2.05, 4.69) is 5.32 Å². The summed E-state index contributed by atoms with van der Waals surface area (Å²) in [4.78, 5) is 22.6. The van der Waals surface area contributed by atoms with Crippen LogP contribution in [0.4, 0.5) is 5.69 Å². The summed E-state index contributed by atoms with van der Waals surface area (Å²) in [5.74, 6) is -1.54. The Hall–Kier alpha value is -2.04. The highest BCUT2D eigenvalue weighted by Gasteiger charge is 2.48. The number of carbonyl (C=O) groups is 2. The van der Waals surface area contributed by atoms with Gasteiger partial charge in [-0.25, -0.2) is 0 Å². The molecule has 0 aromatic heterocycles. The second kappa shape index (κ2) is 5.30. The summed E-state index contributed by atoms with van der Waals surface area (Å²) in [5.41, 5.74) is 0.581. The van der Waals surface area contributed by atoms with Crippen LogP contribution in [0.15, 0.2) is 24.3 Å². The number of amides is 1. The van der Waals surface area contributed by atoms with Crippen molar-refractivity contribution in [1.82, 2.24) is 0 Å². The van der Waals surface area contributed by atoms with E-state index >= 15 is 0 Å². The van der Waals surface area contributed by atoms with E-state index in [1.807, 2.05) is 19.9 Å². The fraction of sp³-hybridized carbons (Fsp3) is 0.429. The molecule has 1 saturated carbocycles. The number of para-hydroxylation sites is 2. The number of carboxylic acids is 1. The number of nitrogens with one attached hydrogen (secondary N) is 1. The molecule has 2 rings (SSSR count). The smallest absolute Gasteiger partial charge is 0.307 e. The Labute approximate surface area is 111 Å². The highest BCUT2D eigenvalue weighted by molar-refractivity contribution is 5.99. The second-order valence-corrected chi connectivity index (χ2v) is 4.94. The predicted octanol–water partition coefficient (Wildman–Crippen LogP) is 2.13. The van der Waals surface area contributed by atoms with Crippen LogP contribution in [-0.2, 0) is 9.59 Å². The molecule has 2 N–H and O–H groups in total. The molecule has 2 atom stereocenters.